The van der Waals surface area contributed by atoms with E-state index in [4.69, 9.17) is 0 Å². The minimum absolute atomic E-state index is 0.204. The third-order valence-electron chi connectivity index (χ3n) is 6.27. The molecule has 0 unspecified atom stereocenters. The Labute approximate surface area is 134 Å². The zero-order valence-corrected chi connectivity index (χ0v) is 13.9. The molecule has 4 rings (SSSR count). The molecule has 2 saturated heterocycles. The summed E-state index contributed by atoms with van der Waals surface area (Å²) in [5.41, 5.74) is 0. The maximum atomic E-state index is 13.0. The van der Waals surface area contributed by atoms with Crippen molar-refractivity contribution in [3.05, 3.63) is 0 Å². The van der Waals surface area contributed by atoms with Crippen LogP contribution in [0, 0.1) is 5.92 Å². The van der Waals surface area contributed by atoms with Crippen LogP contribution in [0.25, 0.3) is 0 Å². The van der Waals surface area contributed by atoms with E-state index in [1.807, 2.05) is 0 Å². The van der Waals surface area contributed by atoms with Gasteiger partial charge in [0.1, 0.15) is 0 Å². The molecule has 2 aliphatic heterocycles. The van der Waals surface area contributed by atoms with Crippen molar-refractivity contribution in [3.8, 4) is 0 Å². The summed E-state index contributed by atoms with van der Waals surface area (Å²) in [6, 6.07) is 1.03. The summed E-state index contributed by atoms with van der Waals surface area (Å²) in [6.07, 6.45) is 10.4. The molecule has 0 aromatic carbocycles. The summed E-state index contributed by atoms with van der Waals surface area (Å²) in [5, 5.41) is 0. The second-order valence-corrected chi connectivity index (χ2v) is 7.90. The van der Waals surface area contributed by atoms with Gasteiger partial charge in [0, 0.05) is 38.8 Å². The molecule has 0 bridgehead atoms. The van der Waals surface area contributed by atoms with Gasteiger partial charge >= 0.3 is 0 Å². The van der Waals surface area contributed by atoms with E-state index in [0.29, 0.717) is 5.91 Å². The monoisotopic (exact) mass is 305 g/mol. The fourth-order valence-electron chi connectivity index (χ4n) is 4.44. The van der Waals surface area contributed by atoms with Crippen LogP contribution in [-0.2, 0) is 4.79 Å². The van der Waals surface area contributed by atoms with Gasteiger partial charge in [-0.1, -0.05) is 6.42 Å². The normalized spacial score (nSPS) is 32.0. The maximum Gasteiger partial charge on any atom is 0.239 e. The van der Waals surface area contributed by atoms with E-state index in [0.717, 1.165) is 51.0 Å². The Hall–Kier alpha value is -0.610. The average Bonchev–Trinajstić information content (AvgIpc) is 3.19. The summed E-state index contributed by atoms with van der Waals surface area (Å²) < 4.78 is 0. The van der Waals surface area contributed by atoms with Crippen LogP contribution in [0.15, 0.2) is 0 Å². The lowest BCUT2D eigenvalue weighted by molar-refractivity contribution is -0.136. The molecule has 0 aromatic heterocycles. The highest BCUT2D eigenvalue weighted by Crippen LogP contribution is 2.33. The fourth-order valence-corrected chi connectivity index (χ4v) is 4.44. The highest BCUT2D eigenvalue weighted by atomic mass is 16.2. The van der Waals surface area contributed by atoms with Gasteiger partial charge in [-0.05, 0) is 57.4 Å². The molecule has 22 heavy (non-hydrogen) atoms. The van der Waals surface area contributed by atoms with E-state index in [-0.39, 0.29) is 6.04 Å². The molecular weight excluding hydrogens is 274 g/mol. The van der Waals surface area contributed by atoms with Crippen molar-refractivity contribution in [3.63, 3.8) is 0 Å². The lowest BCUT2D eigenvalue weighted by Gasteiger charge is -2.37. The number of nitrogens with zero attached hydrogens (tertiary/aromatic N) is 3. The molecule has 0 spiro atoms. The second kappa shape index (κ2) is 6.48. The van der Waals surface area contributed by atoms with Gasteiger partial charge in [-0.2, -0.15) is 0 Å². The number of hydrogen-bond acceptors (Lipinski definition) is 3. The minimum Gasteiger partial charge on any atom is -0.340 e. The summed E-state index contributed by atoms with van der Waals surface area (Å²) in [5.74, 6) is 1.33. The van der Waals surface area contributed by atoms with Crippen LogP contribution in [0.2, 0.25) is 0 Å². The van der Waals surface area contributed by atoms with Gasteiger partial charge in [0.25, 0.3) is 0 Å². The first-order chi connectivity index (χ1) is 10.8. The molecule has 1 amide bonds. The van der Waals surface area contributed by atoms with Crippen molar-refractivity contribution in [1.82, 2.24) is 14.7 Å². The Morgan fingerprint density at radius 2 is 1.68 bits per heavy atom. The lowest BCUT2D eigenvalue weighted by Crippen LogP contribution is -2.48. The number of hydrogen-bond donors (Lipinski definition) is 0. The first kappa shape index (κ1) is 14.9. The quantitative estimate of drug-likeness (QED) is 0.794. The largest absolute Gasteiger partial charge is 0.340 e. The molecule has 0 aromatic rings. The van der Waals surface area contributed by atoms with Crippen LogP contribution < -0.4 is 0 Å². The predicted molar refractivity (Wildman–Crippen MR) is 87.7 cm³/mol. The molecule has 4 fully saturated rings. The van der Waals surface area contributed by atoms with Crippen LogP contribution in [0.3, 0.4) is 0 Å². The second-order valence-electron chi connectivity index (χ2n) is 7.90. The molecule has 4 heteroatoms. The summed E-state index contributed by atoms with van der Waals surface area (Å²) in [4.78, 5) is 20.3. The Balaban J connectivity index is 1.33. The van der Waals surface area contributed by atoms with E-state index in [1.54, 1.807) is 0 Å². The van der Waals surface area contributed by atoms with Crippen LogP contribution in [0.4, 0.5) is 0 Å². The van der Waals surface area contributed by atoms with Crippen LogP contribution in [-0.4, -0.2) is 72.0 Å². The molecule has 2 aliphatic carbocycles. The third kappa shape index (κ3) is 3.18. The Kier molecular flexibility index (Phi) is 4.40. The van der Waals surface area contributed by atoms with Gasteiger partial charge in [0.05, 0.1) is 6.04 Å². The van der Waals surface area contributed by atoms with Gasteiger partial charge < -0.3 is 4.90 Å². The molecular formula is C18H31N3O. The van der Waals surface area contributed by atoms with Crippen molar-refractivity contribution in [1.29, 1.82) is 0 Å². The summed E-state index contributed by atoms with van der Waals surface area (Å²) in [7, 11) is 0. The molecule has 1 atom stereocenters. The smallest absolute Gasteiger partial charge is 0.239 e. The predicted octanol–water partition coefficient (Wildman–Crippen LogP) is 1.95. The number of carbonyl (C=O) groups is 1. The van der Waals surface area contributed by atoms with Crippen molar-refractivity contribution in [2.24, 2.45) is 5.92 Å². The van der Waals surface area contributed by atoms with Crippen molar-refractivity contribution < 1.29 is 4.79 Å². The highest BCUT2D eigenvalue weighted by Gasteiger charge is 2.37. The Morgan fingerprint density at radius 1 is 0.818 bits per heavy atom. The molecule has 124 valence electrons. The molecule has 4 nitrogen and oxygen atoms in total. The van der Waals surface area contributed by atoms with E-state index in [9.17, 15) is 4.79 Å². The van der Waals surface area contributed by atoms with Crippen molar-refractivity contribution in [2.45, 2.75) is 63.5 Å². The van der Waals surface area contributed by atoms with E-state index < -0.39 is 0 Å². The fraction of sp³-hybridized carbons (Fsp3) is 0.944. The molecule has 2 saturated carbocycles. The SMILES string of the molecule is O=C([C@H]1CCCN1CC1CC1)N1CCCN(C2CCC2)CC1. The summed E-state index contributed by atoms with van der Waals surface area (Å²) >= 11 is 0. The number of likely N-dealkylation sites (tertiary alicyclic amines) is 1. The van der Waals surface area contributed by atoms with Crippen LogP contribution in [0.5, 0.6) is 0 Å². The zero-order chi connectivity index (χ0) is 14.9. The number of rotatable bonds is 4. The van der Waals surface area contributed by atoms with E-state index in [1.165, 1.54) is 51.6 Å². The van der Waals surface area contributed by atoms with Gasteiger partial charge in [0.2, 0.25) is 5.91 Å². The van der Waals surface area contributed by atoms with Gasteiger partial charge in [-0.15, -0.1) is 0 Å². The van der Waals surface area contributed by atoms with Crippen molar-refractivity contribution >= 4 is 5.91 Å². The molecule has 2 heterocycles. The first-order valence-electron chi connectivity index (χ1n) is 9.58. The van der Waals surface area contributed by atoms with Crippen molar-refractivity contribution in [2.75, 3.05) is 39.3 Å². The standard InChI is InChI=1S/C18H31N3O/c22-18(17-6-2-9-21(17)14-15-7-8-15)20-11-3-10-19(12-13-20)16-4-1-5-16/h15-17H,1-14H2/t17-/m1/s1. The third-order valence-corrected chi connectivity index (χ3v) is 6.27. The average molecular weight is 305 g/mol. The molecule has 0 N–H and O–H groups in total. The van der Waals surface area contributed by atoms with Crippen LogP contribution in [0.1, 0.15) is 51.4 Å². The topological polar surface area (TPSA) is 26.8 Å². The van der Waals surface area contributed by atoms with Gasteiger partial charge in [0.15, 0.2) is 0 Å². The summed E-state index contributed by atoms with van der Waals surface area (Å²) in [6.45, 7) is 6.57. The van der Waals surface area contributed by atoms with E-state index in [2.05, 4.69) is 14.7 Å². The van der Waals surface area contributed by atoms with Gasteiger partial charge in [-0.25, -0.2) is 0 Å². The zero-order valence-electron chi connectivity index (χ0n) is 13.9. The molecule has 0 radical (unpaired) electrons. The van der Waals surface area contributed by atoms with E-state index >= 15 is 0 Å². The van der Waals surface area contributed by atoms with Crippen LogP contribution >= 0.6 is 0 Å². The minimum atomic E-state index is 0.204. The highest BCUT2D eigenvalue weighted by molar-refractivity contribution is 5.82. The van der Waals surface area contributed by atoms with Gasteiger partial charge in [-0.3, -0.25) is 14.6 Å². The number of amides is 1. The Morgan fingerprint density at radius 3 is 2.41 bits per heavy atom. The number of carbonyl (C=O) groups excluding carboxylic acids is 1. The molecule has 4 aliphatic rings. The maximum absolute atomic E-state index is 13.0. The first-order valence-corrected chi connectivity index (χ1v) is 9.58. The lowest BCUT2D eigenvalue weighted by atomic mass is 9.91. The Bertz CT molecular complexity index is 405.